The van der Waals surface area contributed by atoms with Crippen molar-refractivity contribution >= 4 is 43.9 Å². The van der Waals surface area contributed by atoms with Gasteiger partial charge in [0.15, 0.2) is 8.32 Å². The highest BCUT2D eigenvalue weighted by Gasteiger charge is 2.56. The first-order valence-corrected chi connectivity index (χ1v) is 27.4. The monoisotopic (exact) mass is 940 g/mol. The number of halogens is 1. The van der Waals surface area contributed by atoms with Gasteiger partial charge in [0.1, 0.15) is 18.0 Å². The van der Waals surface area contributed by atoms with Gasteiger partial charge in [-0.3, -0.25) is 19.2 Å². The molecule has 0 aromatic rings. The summed E-state index contributed by atoms with van der Waals surface area (Å²) in [6.45, 7) is 22.8. The van der Waals surface area contributed by atoms with E-state index in [1.807, 2.05) is 40.8 Å². The van der Waals surface area contributed by atoms with Crippen molar-refractivity contribution < 1.29 is 52.8 Å². The van der Waals surface area contributed by atoms with Crippen LogP contribution in [0.2, 0.25) is 18.1 Å². The summed E-state index contributed by atoms with van der Waals surface area (Å²) in [6, 6.07) is -0.0944. The molecule has 14 atom stereocenters. The van der Waals surface area contributed by atoms with Gasteiger partial charge < -0.3 is 38.5 Å². The number of hydrogen-bond acceptors (Lipinski definition) is 11. The number of ether oxygens (including phenoxy) is 5. The highest BCUT2D eigenvalue weighted by Crippen LogP contribution is 2.46. The summed E-state index contributed by atoms with van der Waals surface area (Å²) in [5.41, 5.74) is 1.99. The smallest absolute Gasteiger partial charge is 0.296 e. The van der Waals surface area contributed by atoms with Crippen LogP contribution in [0.15, 0.2) is 23.3 Å². The zero-order valence-corrected chi connectivity index (χ0v) is 43.6. The van der Waals surface area contributed by atoms with Crippen molar-refractivity contribution in [3.8, 4) is 0 Å². The Labute approximate surface area is 392 Å². The fraction of sp³-hybridized carbons (Fsp3) is 0.840. The minimum Gasteiger partial charge on any atom is -0.460 e. The van der Waals surface area contributed by atoms with Crippen molar-refractivity contribution in [3.05, 3.63) is 23.3 Å². The first kappa shape index (κ1) is 56.4. The molecule has 3 aliphatic rings. The molecule has 1 saturated carbocycles. The summed E-state index contributed by atoms with van der Waals surface area (Å²) < 4.78 is 29.6. The summed E-state index contributed by atoms with van der Waals surface area (Å²) in [5, 5.41) is 11.4. The van der Waals surface area contributed by atoms with Crippen molar-refractivity contribution in [2.24, 2.45) is 35.5 Å². The molecule has 64 heavy (non-hydrogen) atoms. The number of allylic oxidation sites excluding steroid dienone is 3. The molecular weight excluding hydrogens is 854 g/mol. The van der Waals surface area contributed by atoms with Crippen LogP contribution in [0.1, 0.15) is 139 Å². The van der Waals surface area contributed by atoms with Crippen LogP contribution in [0.5, 0.6) is 0 Å². The molecule has 12 nitrogen and oxygen atoms in total. The largest absolute Gasteiger partial charge is 0.460 e. The van der Waals surface area contributed by atoms with Crippen LogP contribution in [-0.4, -0.2) is 123 Å². The minimum atomic E-state index is -2.68. The van der Waals surface area contributed by atoms with Crippen molar-refractivity contribution in [1.82, 2.24) is 4.90 Å². The molecule has 2 saturated heterocycles. The number of likely N-dealkylation sites (tertiary alicyclic amines) is 1. The molecule has 1 amide bonds. The Kier molecular flexibility index (Phi) is 21.9. The number of ketones is 2. The molecule has 0 spiro atoms. The molecular formula is C50H86ClNO11Si. The lowest BCUT2D eigenvalue weighted by Crippen LogP contribution is -2.64. The second kappa shape index (κ2) is 24.9. The molecule has 2 heterocycles. The van der Waals surface area contributed by atoms with Gasteiger partial charge in [0.25, 0.3) is 18.2 Å². The lowest BCUT2D eigenvalue weighted by Gasteiger charge is -2.47. The Hall–Kier alpha value is -1.97. The number of nitrogens with zero attached hydrogens (tertiary/aromatic N) is 1. The molecule has 3 rings (SSSR count). The Morgan fingerprint density at radius 1 is 1.00 bits per heavy atom. The average Bonchev–Trinajstić information content (AvgIpc) is 3.23. The summed E-state index contributed by atoms with van der Waals surface area (Å²) in [7, 11) is 2.16. The van der Waals surface area contributed by atoms with Gasteiger partial charge in [-0.15, -0.1) is 11.6 Å². The Bertz CT molecular complexity index is 1600. The summed E-state index contributed by atoms with van der Waals surface area (Å²) in [5.74, 6) is -5.02. The van der Waals surface area contributed by atoms with E-state index in [4.69, 9.17) is 35.3 Å². The van der Waals surface area contributed by atoms with Crippen molar-refractivity contribution in [2.45, 2.75) is 205 Å². The molecule has 1 aliphatic carbocycles. The second-order valence-corrected chi connectivity index (χ2v) is 26.1. The maximum absolute atomic E-state index is 14.4. The van der Waals surface area contributed by atoms with Gasteiger partial charge >= 0.3 is 0 Å². The minimum absolute atomic E-state index is 0.0359. The van der Waals surface area contributed by atoms with E-state index in [2.05, 4.69) is 39.8 Å². The number of rotatable bonds is 24. The van der Waals surface area contributed by atoms with Crippen LogP contribution in [0.25, 0.3) is 0 Å². The van der Waals surface area contributed by atoms with Gasteiger partial charge in [0, 0.05) is 58.1 Å². The number of Topliss-reactive ketones (excluding diaryl/α,β-unsaturated/α-hetero) is 2. The lowest BCUT2D eigenvalue weighted by molar-refractivity contribution is -0.302. The van der Waals surface area contributed by atoms with Crippen LogP contribution >= 0.6 is 11.6 Å². The van der Waals surface area contributed by atoms with Crippen molar-refractivity contribution in [3.63, 3.8) is 0 Å². The lowest BCUT2D eigenvalue weighted by atomic mass is 9.75. The van der Waals surface area contributed by atoms with E-state index < -0.39 is 61.2 Å². The Morgan fingerprint density at radius 2 is 1.66 bits per heavy atom. The fourth-order valence-corrected chi connectivity index (χ4v) is 11.6. The van der Waals surface area contributed by atoms with Gasteiger partial charge in [-0.25, -0.2) is 0 Å². The second-order valence-electron chi connectivity index (χ2n) is 21.1. The molecule has 2 aliphatic heterocycles. The molecule has 0 aromatic heterocycles. The van der Waals surface area contributed by atoms with E-state index >= 15 is 0 Å². The van der Waals surface area contributed by atoms with Crippen LogP contribution in [-0.2, 0) is 42.9 Å². The van der Waals surface area contributed by atoms with E-state index in [-0.39, 0.29) is 59.3 Å². The first-order chi connectivity index (χ1) is 29.9. The van der Waals surface area contributed by atoms with Crippen LogP contribution in [0.3, 0.4) is 0 Å². The molecule has 368 valence electrons. The standard InChI is InChI=1S/C50H86ClNO11Si/c1-15-38(41(54)28-39(29-49(8,9)64(13,14)58)36(7)45(62-30-53)33(4)25-37-19-20-40(51)42(27-37)59-10)23-31(2)22-32(3)24-43(60-11)46-44(61-12)26-34(5)50(57,63-46)47(55)48(56)52-21-17-16-18-35(52)6/h23,25,30,32,34-40,42-46,57-58H,15-22,24,26-29H2,1-14H3/b31-23+,33-25+/t32-,34+,35?,36-,37?,38+,39+,40-,42+,43-,44-,45+,46+,50+/m0/s1. The van der Waals surface area contributed by atoms with Crippen LogP contribution < -0.4 is 0 Å². The summed E-state index contributed by atoms with van der Waals surface area (Å²) >= 11 is 6.54. The molecule has 2 N–H and O–H groups in total. The van der Waals surface area contributed by atoms with E-state index in [0.717, 1.165) is 49.7 Å². The number of methoxy groups -OCH3 is 3. The topological polar surface area (TPSA) is 158 Å². The molecule has 14 heteroatoms. The third-order valence-corrected chi connectivity index (χ3v) is 19.5. The third kappa shape index (κ3) is 14.5. The SMILES string of the molecule is CC[C@H](/C=C(\C)C[C@H](C)C[C@H](OC)[C@H]1O[C@@](O)(C(=O)C(=O)N2CCCCC2C)[C@H](C)C[C@@H]1OC)C(=O)C[C@H](CC(C)(C)[Si](C)(C)O)[C@H](C)[C@H](OC=O)/C(C)=C/C1CC[C@H](Cl)[C@H](OC)C1. The van der Waals surface area contributed by atoms with Gasteiger partial charge in [0.05, 0.1) is 23.7 Å². The van der Waals surface area contributed by atoms with Gasteiger partial charge in [-0.05, 0) is 133 Å². The van der Waals surface area contributed by atoms with E-state index in [1.165, 1.54) is 0 Å². The Balaban J connectivity index is 1.81. The molecule has 3 fully saturated rings. The predicted octanol–water partition coefficient (Wildman–Crippen LogP) is 8.98. The number of alkyl halides is 1. The number of piperidine rings is 1. The first-order valence-electron chi connectivity index (χ1n) is 24.1. The normalized spacial score (nSPS) is 30.5. The number of carbonyl (C=O) groups is 4. The molecule has 2 unspecified atom stereocenters. The number of aliphatic hydroxyl groups is 1. The van der Waals surface area contributed by atoms with E-state index in [9.17, 15) is 29.1 Å². The number of hydrogen-bond donors (Lipinski definition) is 2. The quantitative estimate of drug-likeness (QED) is 0.0313. The van der Waals surface area contributed by atoms with Gasteiger partial charge in [-0.1, -0.05) is 59.3 Å². The summed E-state index contributed by atoms with van der Waals surface area (Å²) in [4.78, 5) is 66.7. The van der Waals surface area contributed by atoms with Gasteiger partial charge in [-0.2, -0.15) is 0 Å². The molecule has 0 bridgehead atoms. The van der Waals surface area contributed by atoms with Crippen molar-refractivity contribution in [1.29, 1.82) is 0 Å². The summed E-state index contributed by atoms with van der Waals surface area (Å²) in [6.07, 6.45) is 9.88. The third-order valence-electron chi connectivity index (χ3n) is 15.5. The highest BCUT2D eigenvalue weighted by molar-refractivity contribution is 6.72. The molecule has 0 aromatic carbocycles. The average molecular weight is 941 g/mol. The van der Waals surface area contributed by atoms with E-state index in [1.54, 1.807) is 33.2 Å². The number of amides is 1. The van der Waals surface area contributed by atoms with Crippen LogP contribution in [0.4, 0.5) is 0 Å². The highest BCUT2D eigenvalue weighted by atomic mass is 35.5. The predicted molar refractivity (Wildman–Crippen MR) is 254 cm³/mol. The van der Waals surface area contributed by atoms with E-state index in [0.29, 0.717) is 45.1 Å². The fourth-order valence-electron chi connectivity index (χ4n) is 10.5. The molecule has 0 radical (unpaired) electrons. The number of carbonyl (C=O) groups excluding carboxylic acids is 4. The maximum Gasteiger partial charge on any atom is 0.296 e. The van der Waals surface area contributed by atoms with Crippen molar-refractivity contribution in [2.75, 3.05) is 27.9 Å². The zero-order valence-electron chi connectivity index (χ0n) is 41.8. The zero-order chi connectivity index (χ0) is 48.3. The van der Waals surface area contributed by atoms with Gasteiger partial charge in [0.2, 0.25) is 5.79 Å². The maximum atomic E-state index is 14.4. The Morgan fingerprint density at radius 3 is 2.22 bits per heavy atom. The van der Waals surface area contributed by atoms with Crippen LogP contribution in [0, 0.1) is 35.5 Å².